The molecule has 0 spiro atoms. The molecule has 11 heavy (non-hydrogen) atoms. The summed E-state index contributed by atoms with van der Waals surface area (Å²) >= 11 is 1.50. The predicted octanol–water partition coefficient (Wildman–Crippen LogP) is 3.23. The van der Waals surface area contributed by atoms with Gasteiger partial charge in [0.05, 0.1) is 0 Å². The summed E-state index contributed by atoms with van der Waals surface area (Å²) in [6, 6.07) is 0. The molecule has 1 atom stereocenters. The largest absolute Gasteiger partial charge is 0.288 e. The van der Waals surface area contributed by atoms with Gasteiger partial charge in [-0.25, -0.2) is 0 Å². The molecule has 0 aromatic heterocycles. The third-order valence-electron chi connectivity index (χ3n) is 1.67. The first-order valence-electron chi connectivity index (χ1n) is 4.37. The third-order valence-corrected chi connectivity index (χ3v) is 2.90. The van der Waals surface area contributed by atoms with Crippen molar-refractivity contribution in [2.45, 2.75) is 51.7 Å². The van der Waals surface area contributed by atoms with E-state index in [1.165, 1.54) is 31.0 Å². The number of thioether (sulfide) groups is 1. The quantitative estimate of drug-likeness (QED) is 0.636. The van der Waals surface area contributed by atoms with Crippen LogP contribution < -0.4 is 0 Å². The van der Waals surface area contributed by atoms with Gasteiger partial charge in [-0.2, -0.15) is 0 Å². The van der Waals surface area contributed by atoms with E-state index in [-0.39, 0.29) is 5.12 Å². The van der Waals surface area contributed by atoms with Crippen LogP contribution in [0.5, 0.6) is 0 Å². The van der Waals surface area contributed by atoms with Gasteiger partial charge in [-0.3, -0.25) is 4.79 Å². The zero-order valence-electron chi connectivity index (χ0n) is 7.72. The fourth-order valence-electron chi connectivity index (χ4n) is 1.01. The van der Waals surface area contributed by atoms with E-state index in [1.54, 1.807) is 6.92 Å². The van der Waals surface area contributed by atoms with Crippen LogP contribution in [0.1, 0.15) is 46.5 Å². The summed E-state index contributed by atoms with van der Waals surface area (Å²) in [5.41, 5.74) is 0. The highest BCUT2D eigenvalue weighted by atomic mass is 32.2. The summed E-state index contributed by atoms with van der Waals surface area (Å²) in [4.78, 5) is 10.7. The van der Waals surface area contributed by atoms with E-state index < -0.39 is 0 Å². The second kappa shape index (κ2) is 6.71. The van der Waals surface area contributed by atoms with Crippen molar-refractivity contribution in [1.82, 2.24) is 0 Å². The van der Waals surface area contributed by atoms with Gasteiger partial charge in [-0.1, -0.05) is 38.5 Å². The van der Waals surface area contributed by atoms with Gasteiger partial charge in [0.15, 0.2) is 5.12 Å². The molecule has 0 fully saturated rings. The van der Waals surface area contributed by atoms with E-state index in [0.717, 1.165) is 6.42 Å². The second-order valence-electron chi connectivity index (χ2n) is 2.78. The Kier molecular flexibility index (Phi) is 6.73. The minimum atomic E-state index is 0.257. The minimum Gasteiger partial charge on any atom is -0.288 e. The lowest BCUT2D eigenvalue weighted by atomic mass is 10.2. The molecular weight excluding hydrogens is 156 g/mol. The van der Waals surface area contributed by atoms with E-state index in [0.29, 0.717) is 5.25 Å². The number of unbranched alkanes of at least 4 members (excludes halogenated alkanes) is 1. The van der Waals surface area contributed by atoms with Gasteiger partial charge in [-0.05, 0) is 12.8 Å². The molecule has 0 aliphatic rings. The average Bonchev–Trinajstić information content (AvgIpc) is 1.97. The van der Waals surface area contributed by atoms with Crippen LogP contribution in [-0.2, 0) is 4.79 Å². The second-order valence-corrected chi connectivity index (χ2v) is 4.26. The van der Waals surface area contributed by atoms with E-state index in [4.69, 9.17) is 0 Å². The standard InChI is InChI=1S/C9H18OS/c1-4-6-7-9(5-2)11-8(3)10/h9H,4-7H2,1-3H3. The maximum absolute atomic E-state index is 10.7. The smallest absolute Gasteiger partial charge is 0.186 e. The first kappa shape index (κ1) is 11.0. The van der Waals surface area contributed by atoms with Crippen molar-refractivity contribution in [2.75, 3.05) is 0 Å². The van der Waals surface area contributed by atoms with Crippen molar-refractivity contribution < 1.29 is 4.79 Å². The van der Waals surface area contributed by atoms with Gasteiger partial charge in [0.2, 0.25) is 0 Å². The van der Waals surface area contributed by atoms with Crippen LogP contribution in [0, 0.1) is 0 Å². The molecule has 0 aromatic rings. The van der Waals surface area contributed by atoms with Crippen LogP contribution >= 0.6 is 11.8 Å². The SMILES string of the molecule is CCCCC(CC)SC(C)=O. The molecule has 0 radical (unpaired) electrons. The van der Waals surface area contributed by atoms with Crippen LogP contribution in [0.25, 0.3) is 0 Å². The molecule has 0 N–H and O–H groups in total. The van der Waals surface area contributed by atoms with Crippen molar-refractivity contribution in [3.63, 3.8) is 0 Å². The number of rotatable bonds is 5. The van der Waals surface area contributed by atoms with Gasteiger partial charge in [0.25, 0.3) is 0 Å². The van der Waals surface area contributed by atoms with Crippen molar-refractivity contribution in [1.29, 1.82) is 0 Å². The molecule has 0 amide bonds. The molecule has 0 aliphatic heterocycles. The number of carbonyl (C=O) groups excluding carboxylic acids is 1. The molecule has 66 valence electrons. The number of hydrogen-bond acceptors (Lipinski definition) is 2. The summed E-state index contributed by atoms with van der Waals surface area (Å²) in [5.74, 6) is 0. The van der Waals surface area contributed by atoms with Gasteiger partial charge < -0.3 is 0 Å². The lowest BCUT2D eigenvalue weighted by Gasteiger charge is -2.10. The zero-order chi connectivity index (χ0) is 8.69. The first-order chi connectivity index (χ1) is 5.20. The highest BCUT2D eigenvalue weighted by Gasteiger charge is 2.08. The third kappa shape index (κ3) is 6.42. The minimum absolute atomic E-state index is 0.257. The topological polar surface area (TPSA) is 17.1 Å². The first-order valence-corrected chi connectivity index (χ1v) is 5.25. The Hall–Kier alpha value is 0.0200. The average molecular weight is 174 g/mol. The van der Waals surface area contributed by atoms with E-state index in [2.05, 4.69) is 13.8 Å². The maximum atomic E-state index is 10.7. The number of carbonyl (C=O) groups is 1. The molecule has 0 aliphatic carbocycles. The van der Waals surface area contributed by atoms with E-state index in [1.807, 2.05) is 0 Å². The molecule has 0 heterocycles. The Balaban J connectivity index is 3.49. The predicted molar refractivity (Wildman–Crippen MR) is 51.9 cm³/mol. The maximum Gasteiger partial charge on any atom is 0.186 e. The van der Waals surface area contributed by atoms with E-state index in [9.17, 15) is 4.79 Å². The van der Waals surface area contributed by atoms with Gasteiger partial charge in [0, 0.05) is 12.2 Å². The Bertz CT molecular complexity index is 112. The van der Waals surface area contributed by atoms with Crippen LogP contribution in [0.4, 0.5) is 0 Å². The highest BCUT2D eigenvalue weighted by Crippen LogP contribution is 2.20. The lowest BCUT2D eigenvalue weighted by Crippen LogP contribution is -2.03. The van der Waals surface area contributed by atoms with Gasteiger partial charge in [-0.15, -0.1) is 0 Å². The molecular formula is C9H18OS. The molecule has 0 saturated heterocycles. The van der Waals surface area contributed by atoms with Gasteiger partial charge >= 0.3 is 0 Å². The molecule has 1 unspecified atom stereocenters. The fraction of sp³-hybridized carbons (Fsp3) is 0.889. The Morgan fingerprint density at radius 3 is 2.45 bits per heavy atom. The number of hydrogen-bond donors (Lipinski definition) is 0. The van der Waals surface area contributed by atoms with Crippen molar-refractivity contribution in [2.24, 2.45) is 0 Å². The van der Waals surface area contributed by atoms with E-state index >= 15 is 0 Å². The molecule has 0 rings (SSSR count). The summed E-state index contributed by atoms with van der Waals surface area (Å²) in [7, 11) is 0. The monoisotopic (exact) mass is 174 g/mol. The van der Waals surface area contributed by atoms with Crippen molar-refractivity contribution >= 4 is 16.9 Å². The van der Waals surface area contributed by atoms with Crippen LogP contribution in [0.3, 0.4) is 0 Å². The summed E-state index contributed by atoms with van der Waals surface area (Å²) < 4.78 is 0. The lowest BCUT2D eigenvalue weighted by molar-refractivity contribution is -0.109. The van der Waals surface area contributed by atoms with Crippen LogP contribution in [0.2, 0.25) is 0 Å². The highest BCUT2D eigenvalue weighted by molar-refractivity contribution is 8.14. The molecule has 0 bridgehead atoms. The normalized spacial score (nSPS) is 13.0. The van der Waals surface area contributed by atoms with Crippen LogP contribution in [0.15, 0.2) is 0 Å². The zero-order valence-corrected chi connectivity index (χ0v) is 8.54. The fourth-order valence-corrected chi connectivity index (χ4v) is 1.93. The molecule has 2 heteroatoms. The molecule has 0 aromatic carbocycles. The van der Waals surface area contributed by atoms with Crippen LogP contribution in [-0.4, -0.2) is 10.4 Å². The summed E-state index contributed by atoms with van der Waals surface area (Å²) in [6.07, 6.45) is 4.79. The summed E-state index contributed by atoms with van der Waals surface area (Å²) in [5, 5.41) is 0.820. The Morgan fingerprint density at radius 1 is 1.45 bits per heavy atom. The van der Waals surface area contributed by atoms with Crippen molar-refractivity contribution in [3.8, 4) is 0 Å². The van der Waals surface area contributed by atoms with Gasteiger partial charge in [0.1, 0.15) is 0 Å². The molecule has 0 saturated carbocycles. The van der Waals surface area contributed by atoms with Crippen molar-refractivity contribution in [3.05, 3.63) is 0 Å². The summed E-state index contributed by atoms with van der Waals surface area (Å²) in [6.45, 7) is 5.99. The Morgan fingerprint density at radius 2 is 2.09 bits per heavy atom. The molecule has 1 nitrogen and oxygen atoms in total. The Labute approximate surface area is 73.9 Å².